The minimum atomic E-state index is -0.782. The molecule has 1 aromatic carbocycles. The monoisotopic (exact) mass is 271 g/mol. The average Bonchev–Trinajstić information content (AvgIpc) is 2.44. The fourth-order valence-corrected chi connectivity index (χ4v) is 1.87. The summed E-state index contributed by atoms with van der Waals surface area (Å²) in [4.78, 5) is 19.2. The van der Waals surface area contributed by atoms with Crippen molar-refractivity contribution in [3.63, 3.8) is 0 Å². The molecule has 0 aliphatic rings. The Hall–Kier alpha value is -2.43. The highest BCUT2D eigenvalue weighted by Gasteiger charge is 2.04. The molecule has 104 valence electrons. The van der Waals surface area contributed by atoms with Gasteiger partial charge in [-0.2, -0.15) is 0 Å². The summed E-state index contributed by atoms with van der Waals surface area (Å²) in [6, 6.07) is 11.8. The summed E-state index contributed by atoms with van der Waals surface area (Å²) in [5.74, 6) is 0.629. The Morgan fingerprint density at radius 2 is 2.00 bits per heavy atom. The zero-order valence-electron chi connectivity index (χ0n) is 11.3. The van der Waals surface area contributed by atoms with Gasteiger partial charge in [-0.1, -0.05) is 30.3 Å². The molecule has 0 saturated heterocycles. The number of carboxylic acid groups (broad SMARTS) is 1. The Bertz CT molecular complexity index is 585. The van der Waals surface area contributed by atoms with E-state index in [1.165, 1.54) is 0 Å². The maximum absolute atomic E-state index is 10.5. The number of hydrogen-bond donors (Lipinski definition) is 2. The summed E-state index contributed by atoms with van der Waals surface area (Å²) in [6.45, 7) is 2.42. The van der Waals surface area contributed by atoms with Gasteiger partial charge in [0.25, 0.3) is 0 Å². The number of hydrogen-bond acceptors (Lipinski definition) is 4. The molecule has 0 amide bonds. The molecule has 1 aromatic heterocycles. The van der Waals surface area contributed by atoms with Crippen molar-refractivity contribution in [1.29, 1.82) is 0 Å². The average molecular weight is 271 g/mol. The highest BCUT2D eigenvalue weighted by molar-refractivity contribution is 5.66. The summed E-state index contributed by atoms with van der Waals surface area (Å²) < 4.78 is 0. The first-order chi connectivity index (χ1) is 9.65. The van der Waals surface area contributed by atoms with Gasteiger partial charge in [-0.3, -0.25) is 4.79 Å². The van der Waals surface area contributed by atoms with Crippen molar-refractivity contribution >= 4 is 11.8 Å². The molecule has 0 fully saturated rings. The lowest BCUT2D eigenvalue weighted by Gasteiger charge is -2.08. The fraction of sp³-hybridized carbons (Fsp3) is 0.267. The zero-order valence-corrected chi connectivity index (χ0v) is 11.3. The predicted molar refractivity (Wildman–Crippen MR) is 77.6 cm³/mol. The van der Waals surface area contributed by atoms with E-state index in [0.29, 0.717) is 18.8 Å². The molecule has 0 aliphatic heterocycles. The van der Waals surface area contributed by atoms with Crippen molar-refractivity contribution in [3.8, 4) is 11.3 Å². The van der Waals surface area contributed by atoms with Crippen molar-refractivity contribution in [1.82, 2.24) is 9.97 Å². The quantitative estimate of drug-likeness (QED) is 0.790. The van der Waals surface area contributed by atoms with Crippen molar-refractivity contribution in [2.75, 3.05) is 11.9 Å². The SMILES string of the molecule is Cc1nc(NCCCC(=O)O)cc(-c2ccccc2)n1. The van der Waals surface area contributed by atoms with Gasteiger partial charge in [-0.25, -0.2) is 9.97 Å². The van der Waals surface area contributed by atoms with Crippen molar-refractivity contribution in [2.45, 2.75) is 19.8 Å². The number of anilines is 1. The lowest BCUT2D eigenvalue weighted by molar-refractivity contribution is -0.137. The largest absolute Gasteiger partial charge is 0.481 e. The maximum Gasteiger partial charge on any atom is 0.303 e. The maximum atomic E-state index is 10.5. The van der Waals surface area contributed by atoms with Crippen LogP contribution in [0.4, 0.5) is 5.82 Å². The molecule has 0 aliphatic carbocycles. The number of nitrogens with zero attached hydrogens (tertiary/aromatic N) is 2. The number of aromatic nitrogens is 2. The second kappa shape index (κ2) is 6.65. The topological polar surface area (TPSA) is 75.1 Å². The van der Waals surface area contributed by atoms with Crippen LogP contribution < -0.4 is 5.32 Å². The van der Waals surface area contributed by atoms with Crippen LogP contribution in [-0.4, -0.2) is 27.6 Å². The number of carbonyl (C=O) groups is 1. The van der Waals surface area contributed by atoms with Crippen LogP contribution in [0.5, 0.6) is 0 Å². The van der Waals surface area contributed by atoms with E-state index in [4.69, 9.17) is 5.11 Å². The molecule has 2 aromatic rings. The zero-order chi connectivity index (χ0) is 14.4. The van der Waals surface area contributed by atoms with Crippen LogP contribution in [0, 0.1) is 6.92 Å². The van der Waals surface area contributed by atoms with E-state index in [1.54, 1.807) is 0 Å². The molecule has 0 unspecified atom stereocenters. The molecule has 20 heavy (non-hydrogen) atoms. The van der Waals surface area contributed by atoms with E-state index < -0.39 is 5.97 Å². The standard InChI is InChI=1S/C15H17N3O2/c1-11-17-13(12-6-3-2-4-7-12)10-14(18-11)16-9-5-8-15(19)20/h2-4,6-7,10H,5,8-9H2,1H3,(H,19,20)(H,16,17,18). The van der Waals surface area contributed by atoms with Crippen LogP contribution in [0.25, 0.3) is 11.3 Å². The van der Waals surface area contributed by atoms with Crippen molar-refractivity contribution < 1.29 is 9.90 Å². The number of carboxylic acids is 1. The van der Waals surface area contributed by atoms with Gasteiger partial charge in [0.1, 0.15) is 11.6 Å². The number of aryl methyl sites for hydroxylation is 1. The minimum absolute atomic E-state index is 0.155. The summed E-state index contributed by atoms with van der Waals surface area (Å²) in [5.41, 5.74) is 1.89. The predicted octanol–water partition coefficient (Wildman–Crippen LogP) is 2.73. The third-order valence-corrected chi connectivity index (χ3v) is 2.78. The molecule has 5 heteroatoms. The van der Waals surface area contributed by atoms with Gasteiger partial charge in [0, 0.05) is 24.6 Å². The Balaban J connectivity index is 2.07. The normalized spacial score (nSPS) is 10.2. The van der Waals surface area contributed by atoms with Gasteiger partial charge >= 0.3 is 5.97 Å². The van der Waals surface area contributed by atoms with Gasteiger partial charge in [-0.05, 0) is 13.3 Å². The first-order valence-corrected chi connectivity index (χ1v) is 6.52. The van der Waals surface area contributed by atoms with Crippen LogP contribution in [0.3, 0.4) is 0 Å². The first kappa shape index (κ1) is 14.0. The molecular weight excluding hydrogens is 254 g/mol. The Morgan fingerprint density at radius 3 is 2.70 bits per heavy atom. The molecular formula is C15H17N3O2. The first-order valence-electron chi connectivity index (χ1n) is 6.52. The minimum Gasteiger partial charge on any atom is -0.481 e. The Kier molecular flexibility index (Phi) is 4.65. The second-order valence-corrected chi connectivity index (χ2v) is 4.48. The van der Waals surface area contributed by atoms with Gasteiger partial charge in [-0.15, -0.1) is 0 Å². The summed E-state index contributed by atoms with van der Waals surface area (Å²) in [6.07, 6.45) is 0.724. The van der Waals surface area contributed by atoms with E-state index >= 15 is 0 Å². The fourth-order valence-electron chi connectivity index (χ4n) is 1.87. The molecule has 5 nitrogen and oxygen atoms in total. The van der Waals surface area contributed by atoms with E-state index in [-0.39, 0.29) is 6.42 Å². The van der Waals surface area contributed by atoms with E-state index in [9.17, 15) is 4.79 Å². The molecule has 0 spiro atoms. The molecule has 0 atom stereocenters. The number of nitrogens with one attached hydrogen (secondary N) is 1. The third kappa shape index (κ3) is 4.05. The Labute approximate surface area is 117 Å². The summed E-state index contributed by atoms with van der Waals surface area (Å²) in [5, 5.41) is 11.7. The molecule has 0 saturated carbocycles. The van der Waals surface area contributed by atoms with Gasteiger partial charge in [0.15, 0.2) is 0 Å². The second-order valence-electron chi connectivity index (χ2n) is 4.48. The molecule has 2 N–H and O–H groups in total. The lowest BCUT2D eigenvalue weighted by atomic mass is 10.1. The number of benzene rings is 1. The number of rotatable bonds is 6. The third-order valence-electron chi connectivity index (χ3n) is 2.78. The smallest absolute Gasteiger partial charge is 0.303 e. The van der Waals surface area contributed by atoms with Gasteiger partial charge in [0.2, 0.25) is 0 Å². The van der Waals surface area contributed by atoms with Crippen LogP contribution in [0.1, 0.15) is 18.7 Å². The van der Waals surface area contributed by atoms with Crippen LogP contribution in [0.15, 0.2) is 36.4 Å². The Morgan fingerprint density at radius 1 is 1.25 bits per heavy atom. The van der Waals surface area contributed by atoms with E-state index in [0.717, 1.165) is 17.1 Å². The molecule has 2 rings (SSSR count). The summed E-state index contributed by atoms with van der Waals surface area (Å²) >= 11 is 0. The van der Waals surface area contributed by atoms with Crippen LogP contribution in [-0.2, 0) is 4.79 Å². The molecule has 0 radical (unpaired) electrons. The highest BCUT2D eigenvalue weighted by Crippen LogP contribution is 2.19. The lowest BCUT2D eigenvalue weighted by Crippen LogP contribution is -2.07. The van der Waals surface area contributed by atoms with Crippen LogP contribution in [0.2, 0.25) is 0 Å². The van der Waals surface area contributed by atoms with Crippen molar-refractivity contribution in [3.05, 3.63) is 42.2 Å². The molecule has 1 heterocycles. The molecule has 0 bridgehead atoms. The van der Waals surface area contributed by atoms with E-state index in [2.05, 4.69) is 15.3 Å². The number of aliphatic carboxylic acids is 1. The van der Waals surface area contributed by atoms with Gasteiger partial charge < -0.3 is 10.4 Å². The highest BCUT2D eigenvalue weighted by atomic mass is 16.4. The van der Waals surface area contributed by atoms with Crippen molar-refractivity contribution in [2.24, 2.45) is 0 Å². The summed E-state index contributed by atoms with van der Waals surface area (Å²) in [7, 11) is 0. The van der Waals surface area contributed by atoms with E-state index in [1.807, 2.05) is 43.3 Å². The van der Waals surface area contributed by atoms with Crippen LogP contribution >= 0.6 is 0 Å². The van der Waals surface area contributed by atoms with Gasteiger partial charge in [0.05, 0.1) is 5.69 Å².